The number of hydrogen-bond acceptors (Lipinski definition) is 7. The van der Waals surface area contributed by atoms with E-state index in [1.54, 1.807) is 10.9 Å². The third kappa shape index (κ3) is 3.44. The first kappa shape index (κ1) is 14.1. The molecule has 0 aromatic carbocycles. The summed E-state index contributed by atoms with van der Waals surface area (Å²) in [6.07, 6.45) is 3.63. The zero-order chi connectivity index (χ0) is 14.8. The normalized spacial score (nSPS) is 15.4. The first-order valence-electron chi connectivity index (χ1n) is 6.50. The highest BCUT2D eigenvalue weighted by Crippen LogP contribution is 2.29. The monoisotopic (exact) mass is 312 g/mol. The number of aromatic nitrogens is 4. The lowest BCUT2D eigenvalue weighted by Crippen LogP contribution is -2.08. The van der Waals surface area contributed by atoms with Gasteiger partial charge in [0.25, 0.3) is 6.35 Å². The largest absolute Gasteiger partial charge is 0.534 e. The Bertz CT molecular complexity index is 672. The van der Waals surface area contributed by atoms with Crippen LogP contribution in [-0.4, -0.2) is 43.5 Å². The first-order valence-corrected chi connectivity index (χ1v) is 7.89. The summed E-state index contributed by atoms with van der Waals surface area (Å²) in [4.78, 5) is 21.1. The fraction of sp³-hybridized carbons (Fsp3) is 0.545. The van der Waals surface area contributed by atoms with Crippen LogP contribution in [0.4, 0.5) is 5.95 Å². The first-order chi connectivity index (χ1) is 10.1. The van der Waals surface area contributed by atoms with Gasteiger partial charge in [0.05, 0.1) is 12.9 Å². The number of nitrogens with zero attached hydrogens (tertiary/aromatic N) is 4. The molecule has 2 aromatic heterocycles. The van der Waals surface area contributed by atoms with Gasteiger partial charge < -0.3 is 19.8 Å². The summed E-state index contributed by atoms with van der Waals surface area (Å²) in [5.41, 5.74) is 6.82. The molecule has 2 aromatic rings. The highest BCUT2D eigenvalue weighted by molar-refractivity contribution is 7.37. The van der Waals surface area contributed by atoms with E-state index in [0.29, 0.717) is 23.6 Å². The zero-order valence-corrected chi connectivity index (χ0v) is 12.1. The Kier molecular flexibility index (Phi) is 3.96. The lowest BCUT2D eigenvalue weighted by molar-refractivity contribution is 0.163. The lowest BCUT2D eigenvalue weighted by atomic mass is 10.5. The molecule has 1 unspecified atom stereocenters. The molecule has 0 bridgehead atoms. The molecule has 2 heterocycles. The number of anilines is 1. The summed E-state index contributed by atoms with van der Waals surface area (Å²) in [5.74, 6) is 0.525. The van der Waals surface area contributed by atoms with E-state index in [-0.39, 0.29) is 25.0 Å². The minimum Gasteiger partial charge on any atom is -0.473 e. The van der Waals surface area contributed by atoms with E-state index in [0.717, 1.165) is 12.8 Å². The number of hydrogen-bond donors (Lipinski definition) is 2. The second kappa shape index (κ2) is 5.88. The van der Waals surface area contributed by atoms with Crippen molar-refractivity contribution in [1.82, 2.24) is 19.5 Å². The van der Waals surface area contributed by atoms with Crippen LogP contribution in [0.3, 0.4) is 0 Å². The molecule has 0 radical (unpaired) electrons. The average Bonchev–Trinajstić information content (AvgIpc) is 3.14. The number of imidazole rings is 1. The standard InChI is InChI=1S/C11H14N5O4P/c12-11-14-9-8(10(15-11)20-7-1-2-7)13-5-16(9)3-4-19-6-21(17)18/h5,7H,1-4,6H2,(H2-,12,14,15,17,18)/p+1. The van der Waals surface area contributed by atoms with Crippen LogP contribution < -0.4 is 10.5 Å². The minimum absolute atomic E-state index is 0.124. The van der Waals surface area contributed by atoms with E-state index in [1.165, 1.54) is 0 Å². The Morgan fingerprint density at radius 3 is 3.00 bits per heavy atom. The van der Waals surface area contributed by atoms with Crippen molar-refractivity contribution >= 4 is 25.1 Å². The van der Waals surface area contributed by atoms with Crippen LogP contribution in [0.5, 0.6) is 5.88 Å². The molecule has 112 valence electrons. The molecular formula is C11H15N5O4P+. The summed E-state index contributed by atoms with van der Waals surface area (Å²) in [6, 6.07) is 0. The smallest absolute Gasteiger partial charge is 0.473 e. The van der Waals surface area contributed by atoms with Gasteiger partial charge in [0.2, 0.25) is 11.8 Å². The molecule has 21 heavy (non-hydrogen) atoms. The van der Waals surface area contributed by atoms with E-state index >= 15 is 0 Å². The van der Waals surface area contributed by atoms with E-state index < -0.39 is 8.03 Å². The number of ether oxygens (including phenoxy) is 2. The van der Waals surface area contributed by atoms with Crippen LogP contribution in [0.1, 0.15) is 12.8 Å². The van der Waals surface area contributed by atoms with E-state index in [2.05, 4.69) is 15.0 Å². The molecule has 0 amide bonds. The van der Waals surface area contributed by atoms with E-state index in [1.807, 2.05) is 0 Å². The quantitative estimate of drug-likeness (QED) is 0.564. The van der Waals surface area contributed by atoms with Gasteiger partial charge in [0.15, 0.2) is 11.2 Å². The molecule has 1 fully saturated rings. The summed E-state index contributed by atoms with van der Waals surface area (Å²) < 4.78 is 23.0. The summed E-state index contributed by atoms with van der Waals surface area (Å²) >= 11 is 0. The Labute approximate surface area is 121 Å². The third-order valence-electron chi connectivity index (χ3n) is 2.93. The maximum absolute atomic E-state index is 10.5. The molecule has 3 rings (SSSR count). The second-order valence-electron chi connectivity index (χ2n) is 4.70. The highest BCUT2D eigenvalue weighted by atomic mass is 31.1. The minimum atomic E-state index is -2.28. The Hall–Kier alpha value is -1.83. The van der Waals surface area contributed by atoms with Gasteiger partial charge in [-0.15, -0.1) is 0 Å². The van der Waals surface area contributed by atoms with Gasteiger partial charge in [-0.1, -0.05) is 0 Å². The fourth-order valence-electron chi connectivity index (χ4n) is 1.83. The van der Waals surface area contributed by atoms with Crippen LogP contribution in [0.15, 0.2) is 6.33 Å². The van der Waals surface area contributed by atoms with Crippen molar-refractivity contribution in [2.75, 3.05) is 18.7 Å². The van der Waals surface area contributed by atoms with Gasteiger partial charge in [0, 0.05) is 6.54 Å². The van der Waals surface area contributed by atoms with Crippen LogP contribution in [0.2, 0.25) is 0 Å². The van der Waals surface area contributed by atoms with Gasteiger partial charge in [-0.3, -0.25) is 0 Å². The predicted molar refractivity (Wildman–Crippen MR) is 74.0 cm³/mol. The third-order valence-corrected chi connectivity index (χ3v) is 3.33. The molecule has 3 N–H and O–H groups in total. The van der Waals surface area contributed by atoms with Crippen molar-refractivity contribution in [3.05, 3.63) is 6.33 Å². The molecule has 1 saturated carbocycles. The molecule has 0 saturated heterocycles. The fourth-order valence-corrected chi connectivity index (χ4v) is 2.11. The number of rotatable bonds is 7. The van der Waals surface area contributed by atoms with Gasteiger partial charge in [-0.2, -0.15) is 14.9 Å². The summed E-state index contributed by atoms with van der Waals surface area (Å²) in [7, 11) is -2.28. The van der Waals surface area contributed by atoms with Crippen LogP contribution in [0, 0.1) is 0 Å². The zero-order valence-electron chi connectivity index (χ0n) is 11.2. The molecule has 10 heteroatoms. The van der Waals surface area contributed by atoms with Crippen molar-refractivity contribution in [1.29, 1.82) is 0 Å². The van der Waals surface area contributed by atoms with Crippen LogP contribution in [-0.2, 0) is 15.8 Å². The van der Waals surface area contributed by atoms with Crippen molar-refractivity contribution in [3.8, 4) is 5.88 Å². The predicted octanol–water partition coefficient (Wildman–Crippen LogP) is 0.658. The molecule has 9 nitrogen and oxygen atoms in total. The van der Waals surface area contributed by atoms with Crippen LogP contribution in [0.25, 0.3) is 11.2 Å². The van der Waals surface area contributed by atoms with Gasteiger partial charge in [-0.25, -0.2) is 4.98 Å². The second-order valence-corrected chi connectivity index (χ2v) is 5.67. The van der Waals surface area contributed by atoms with Crippen molar-refractivity contribution in [2.45, 2.75) is 25.5 Å². The molecule has 1 aliphatic rings. The number of fused-ring (bicyclic) bond motifs is 1. The van der Waals surface area contributed by atoms with Gasteiger partial charge in [0.1, 0.15) is 6.10 Å². The molecule has 1 atom stereocenters. The molecular weight excluding hydrogens is 297 g/mol. The maximum atomic E-state index is 10.5. The van der Waals surface area contributed by atoms with Gasteiger partial charge >= 0.3 is 8.03 Å². The average molecular weight is 312 g/mol. The summed E-state index contributed by atoms with van der Waals surface area (Å²) in [5, 5.41) is 0. The maximum Gasteiger partial charge on any atom is 0.534 e. The number of nitrogen functional groups attached to an aromatic ring is 1. The Morgan fingerprint density at radius 1 is 1.48 bits per heavy atom. The molecule has 0 spiro atoms. The summed E-state index contributed by atoms with van der Waals surface area (Å²) in [6.45, 7) is 0.717. The van der Waals surface area contributed by atoms with Crippen molar-refractivity contribution in [3.63, 3.8) is 0 Å². The Balaban J connectivity index is 1.76. The SMILES string of the molecule is Nc1nc(OC2CC2)c2ncn(CCOC[P+](=O)O)c2n1. The molecule has 1 aliphatic carbocycles. The lowest BCUT2D eigenvalue weighted by Gasteiger charge is -2.06. The van der Waals surface area contributed by atoms with Crippen LogP contribution >= 0.6 is 8.03 Å². The number of nitrogens with two attached hydrogens (primary N) is 1. The van der Waals surface area contributed by atoms with Crippen molar-refractivity contribution in [2.24, 2.45) is 0 Å². The van der Waals surface area contributed by atoms with E-state index in [4.69, 9.17) is 20.1 Å². The molecule has 0 aliphatic heterocycles. The topological polar surface area (TPSA) is 125 Å². The highest BCUT2D eigenvalue weighted by Gasteiger charge is 2.26. The van der Waals surface area contributed by atoms with Crippen molar-refractivity contribution < 1.29 is 18.9 Å². The Morgan fingerprint density at radius 2 is 2.29 bits per heavy atom. The van der Waals surface area contributed by atoms with E-state index in [9.17, 15) is 4.57 Å². The van der Waals surface area contributed by atoms with Gasteiger partial charge in [-0.05, 0) is 17.4 Å².